The molecule has 6 heteroatoms. The number of rotatable bonds is 2. The molecule has 2 aromatic heterocycles. The molecule has 86 valence electrons. The van der Waals surface area contributed by atoms with Crippen molar-refractivity contribution < 1.29 is 4.79 Å². The molecule has 0 aliphatic carbocycles. The van der Waals surface area contributed by atoms with Crippen molar-refractivity contribution >= 4 is 11.9 Å². The summed E-state index contributed by atoms with van der Waals surface area (Å²) in [7, 11) is 0. The summed E-state index contributed by atoms with van der Waals surface area (Å²) in [6.07, 6.45) is 3.33. The predicted molar refractivity (Wildman–Crippen MR) is 62.1 cm³/mol. The zero-order chi connectivity index (χ0) is 12.3. The van der Waals surface area contributed by atoms with Crippen LogP contribution < -0.4 is 5.32 Å². The number of hydrogen-bond acceptors (Lipinski definition) is 5. The molecule has 0 aliphatic rings. The molecule has 0 aromatic carbocycles. The van der Waals surface area contributed by atoms with Crippen molar-refractivity contribution in [1.82, 2.24) is 19.9 Å². The fourth-order valence-corrected chi connectivity index (χ4v) is 1.32. The van der Waals surface area contributed by atoms with Gasteiger partial charge in [0.1, 0.15) is 5.82 Å². The second-order valence-corrected chi connectivity index (χ2v) is 3.45. The second kappa shape index (κ2) is 4.65. The minimum absolute atomic E-state index is 0.215. The van der Waals surface area contributed by atoms with E-state index in [-0.39, 0.29) is 11.9 Å². The predicted octanol–water partition coefficient (Wildman–Crippen LogP) is 1.20. The van der Waals surface area contributed by atoms with Gasteiger partial charge in [-0.25, -0.2) is 4.98 Å². The summed E-state index contributed by atoms with van der Waals surface area (Å²) in [4.78, 5) is 27.3. The Morgan fingerprint density at radius 3 is 2.76 bits per heavy atom. The lowest BCUT2D eigenvalue weighted by atomic mass is 10.3. The highest BCUT2D eigenvalue weighted by Gasteiger charge is 2.06. The summed E-state index contributed by atoms with van der Waals surface area (Å²) < 4.78 is 0. The average Bonchev–Trinajstić information content (AvgIpc) is 2.28. The molecule has 0 saturated carbocycles. The van der Waals surface area contributed by atoms with E-state index in [1.807, 2.05) is 6.07 Å². The maximum Gasteiger partial charge on any atom is 0.233 e. The van der Waals surface area contributed by atoms with E-state index in [9.17, 15) is 4.79 Å². The van der Waals surface area contributed by atoms with E-state index in [1.165, 1.54) is 6.92 Å². The Bertz CT molecular complexity index is 541. The highest BCUT2D eigenvalue weighted by molar-refractivity contribution is 5.86. The van der Waals surface area contributed by atoms with Crippen molar-refractivity contribution in [3.8, 4) is 11.4 Å². The molecule has 0 radical (unpaired) electrons. The van der Waals surface area contributed by atoms with Crippen molar-refractivity contribution in [3.05, 3.63) is 30.4 Å². The molecule has 0 aliphatic heterocycles. The van der Waals surface area contributed by atoms with Gasteiger partial charge in [0.15, 0.2) is 5.82 Å². The number of aryl methyl sites for hydroxylation is 1. The number of nitrogens with zero attached hydrogens (tertiary/aromatic N) is 4. The SMILES string of the molecule is CC(=O)Nc1nc(C)nc(-c2cccnc2)n1. The summed E-state index contributed by atoms with van der Waals surface area (Å²) in [5.74, 6) is 1.08. The van der Waals surface area contributed by atoms with Gasteiger partial charge in [-0.05, 0) is 19.1 Å². The number of pyridine rings is 1. The van der Waals surface area contributed by atoms with Gasteiger partial charge in [-0.2, -0.15) is 9.97 Å². The molecule has 0 bridgehead atoms. The summed E-state index contributed by atoms with van der Waals surface area (Å²) in [6, 6.07) is 3.64. The van der Waals surface area contributed by atoms with Crippen molar-refractivity contribution in [2.24, 2.45) is 0 Å². The Labute approximate surface area is 98.2 Å². The number of amides is 1. The smallest absolute Gasteiger partial charge is 0.233 e. The number of anilines is 1. The molecule has 17 heavy (non-hydrogen) atoms. The molecule has 0 atom stereocenters. The molecular weight excluding hydrogens is 218 g/mol. The molecule has 1 amide bonds. The molecule has 0 spiro atoms. The van der Waals surface area contributed by atoms with Gasteiger partial charge in [-0.3, -0.25) is 15.1 Å². The van der Waals surface area contributed by atoms with Crippen LogP contribution in [0.4, 0.5) is 5.95 Å². The standard InChI is InChI=1S/C11H11N5O/c1-7-13-10(9-4-3-5-12-6-9)16-11(14-7)15-8(2)17/h3-6H,1-2H3,(H,13,14,15,16,17). The fourth-order valence-electron chi connectivity index (χ4n) is 1.32. The maximum atomic E-state index is 10.9. The Kier molecular flexibility index (Phi) is 3.04. The van der Waals surface area contributed by atoms with E-state index in [1.54, 1.807) is 25.4 Å². The van der Waals surface area contributed by atoms with Crippen LogP contribution in [-0.2, 0) is 4.79 Å². The van der Waals surface area contributed by atoms with Crippen molar-refractivity contribution in [2.75, 3.05) is 5.32 Å². The Hall–Kier alpha value is -2.37. The second-order valence-electron chi connectivity index (χ2n) is 3.45. The first kappa shape index (κ1) is 11.1. The van der Waals surface area contributed by atoms with Crippen molar-refractivity contribution in [3.63, 3.8) is 0 Å². The van der Waals surface area contributed by atoms with Crippen LogP contribution in [0.5, 0.6) is 0 Å². The van der Waals surface area contributed by atoms with Crippen LogP contribution in [0.1, 0.15) is 12.7 Å². The van der Waals surface area contributed by atoms with Gasteiger partial charge >= 0.3 is 0 Å². The van der Waals surface area contributed by atoms with Crippen LogP contribution in [0, 0.1) is 6.92 Å². The third-order valence-corrected chi connectivity index (χ3v) is 1.95. The normalized spacial score (nSPS) is 10.0. The number of aromatic nitrogens is 4. The molecule has 2 aromatic rings. The van der Waals surface area contributed by atoms with Gasteiger partial charge in [0, 0.05) is 24.9 Å². The Morgan fingerprint density at radius 1 is 1.29 bits per heavy atom. The highest BCUT2D eigenvalue weighted by Crippen LogP contribution is 2.14. The number of hydrogen-bond donors (Lipinski definition) is 1. The van der Waals surface area contributed by atoms with E-state index in [0.717, 1.165) is 5.56 Å². The van der Waals surface area contributed by atoms with Crippen molar-refractivity contribution in [1.29, 1.82) is 0 Å². The topological polar surface area (TPSA) is 80.7 Å². The van der Waals surface area contributed by atoms with E-state index in [4.69, 9.17) is 0 Å². The van der Waals surface area contributed by atoms with Crippen LogP contribution in [0.3, 0.4) is 0 Å². The van der Waals surface area contributed by atoms with E-state index < -0.39 is 0 Å². The van der Waals surface area contributed by atoms with Gasteiger partial charge in [-0.1, -0.05) is 0 Å². The average molecular weight is 229 g/mol. The minimum Gasteiger partial charge on any atom is -0.295 e. The summed E-state index contributed by atoms with van der Waals surface area (Å²) in [6.45, 7) is 3.15. The van der Waals surface area contributed by atoms with E-state index in [2.05, 4.69) is 25.3 Å². The van der Waals surface area contributed by atoms with Crippen LogP contribution in [0.15, 0.2) is 24.5 Å². The Morgan fingerprint density at radius 2 is 2.12 bits per heavy atom. The molecule has 2 heterocycles. The monoisotopic (exact) mass is 229 g/mol. The Balaban J connectivity index is 2.42. The number of nitrogens with one attached hydrogen (secondary N) is 1. The molecule has 0 unspecified atom stereocenters. The van der Waals surface area contributed by atoms with Gasteiger partial charge in [0.05, 0.1) is 0 Å². The minimum atomic E-state index is -0.215. The van der Waals surface area contributed by atoms with E-state index in [0.29, 0.717) is 11.6 Å². The van der Waals surface area contributed by atoms with Crippen LogP contribution in [0.2, 0.25) is 0 Å². The third-order valence-electron chi connectivity index (χ3n) is 1.95. The first-order valence-electron chi connectivity index (χ1n) is 5.06. The summed E-state index contributed by atoms with van der Waals surface area (Å²) in [5, 5.41) is 2.53. The van der Waals surface area contributed by atoms with Crippen LogP contribution >= 0.6 is 0 Å². The van der Waals surface area contributed by atoms with Gasteiger partial charge in [0.25, 0.3) is 0 Å². The van der Waals surface area contributed by atoms with Crippen molar-refractivity contribution in [2.45, 2.75) is 13.8 Å². The molecule has 6 nitrogen and oxygen atoms in total. The lowest BCUT2D eigenvalue weighted by Gasteiger charge is -2.04. The summed E-state index contributed by atoms with van der Waals surface area (Å²) in [5.41, 5.74) is 0.782. The molecule has 2 rings (SSSR count). The third kappa shape index (κ3) is 2.81. The fraction of sp³-hybridized carbons (Fsp3) is 0.182. The zero-order valence-corrected chi connectivity index (χ0v) is 9.51. The summed E-state index contributed by atoms with van der Waals surface area (Å²) >= 11 is 0. The van der Waals surface area contributed by atoms with Crippen LogP contribution in [0.25, 0.3) is 11.4 Å². The quantitative estimate of drug-likeness (QED) is 0.836. The molecule has 0 fully saturated rings. The van der Waals surface area contributed by atoms with E-state index >= 15 is 0 Å². The molecular formula is C11H11N5O. The lowest BCUT2D eigenvalue weighted by molar-refractivity contribution is -0.114. The zero-order valence-electron chi connectivity index (χ0n) is 9.51. The van der Waals surface area contributed by atoms with Gasteiger partial charge in [-0.15, -0.1) is 0 Å². The first-order valence-corrected chi connectivity index (χ1v) is 5.06. The van der Waals surface area contributed by atoms with Gasteiger partial charge in [0.2, 0.25) is 11.9 Å². The number of carbonyl (C=O) groups excluding carboxylic acids is 1. The van der Waals surface area contributed by atoms with Crippen LogP contribution in [-0.4, -0.2) is 25.8 Å². The lowest BCUT2D eigenvalue weighted by Crippen LogP contribution is -2.11. The number of carbonyl (C=O) groups is 1. The molecule has 1 N–H and O–H groups in total. The highest BCUT2D eigenvalue weighted by atomic mass is 16.1. The largest absolute Gasteiger partial charge is 0.295 e. The van der Waals surface area contributed by atoms with Gasteiger partial charge < -0.3 is 0 Å². The molecule has 0 saturated heterocycles. The maximum absolute atomic E-state index is 10.9. The first-order chi connectivity index (χ1) is 8.15.